The lowest BCUT2D eigenvalue weighted by molar-refractivity contribution is -0.122. The summed E-state index contributed by atoms with van der Waals surface area (Å²) in [5.74, 6) is -0.605. The summed E-state index contributed by atoms with van der Waals surface area (Å²) in [5.41, 5.74) is 1.42. The van der Waals surface area contributed by atoms with Gasteiger partial charge >= 0.3 is 0 Å². The number of carbonyl (C=O) groups excluding carboxylic acids is 2. The highest BCUT2D eigenvalue weighted by Crippen LogP contribution is 2.31. The number of benzene rings is 2. The lowest BCUT2D eigenvalue weighted by atomic mass is 10.1. The molecular weight excluding hydrogens is 380 g/mol. The second kappa shape index (κ2) is 6.72. The Morgan fingerprint density at radius 1 is 1.22 bits per heavy atom. The van der Waals surface area contributed by atoms with Crippen LogP contribution in [-0.4, -0.2) is 18.4 Å². The summed E-state index contributed by atoms with van der Waals surface area (Å²) in [6, 6.07) is 14.5. The van der Waals surface area contributed by atoms with Crippen molar-refractivity contribution in [2.45, 2.75) is 6.42 Å². The summed E-state index contributed by atoms with van der Waals surface area (Å²) in [5, 5.41) is 3.37. The summed E-state index contributed by atoms with van der Waals surface area (Å²) >= 11 is 9.36. The Labute approximate surface area is 147 Å². The number of rotatable bonds is 3. The molecule has 1 aliphatic rings. The highest BCUT2D eigenvalue weighted by Gasteiger charge is 2.35. The molecule has 1 saturated heterocycles. The molecule has 4 nitrogen and oxygen atoms in total. The van der Waals surface area contributed by atoms with Gasteiger partial charge in [-0.25, -0.2) is 0 Å². The SMILES string of the molecule is O=C(Nc1cccc(Cl)c1)C1CC(=O)N(c2ccccc2Br)C1. The number of para-hydroxylation sites is 1. The first-order valence-electron chi connectivity index (χ1n) is 7.16. The van der Waals surface area contributed by atoms with Gasteiger partial charge in [-0.1, -0.05) is 29.8 Å². The van der Waals surface area contributed by atoms with Crippen molar-refractivity contribution < 1.29 is 9.59 Å². The molecule has 0 saturated carbocycles. The van der Waals surface area contributed by atoms with E-state index in [9.17, 15) is 9.59 Å². The van der Waals surface area contributed by atoms with Crippen LogP contribution in [0.4, 0.5) is 11.4 Å². The fourth-order valence-electron chi connectivity index (χ4n) is 2.60. The molecule has 2 aromatic carbocycles. The highest BCUT2D eigenvalue weighted by molar-refractivity contribution is 9.10. The molecule has 0 aromatic heterocycles. The van der Waals surface area contributed by atoms with E-state index in [1.807, 2.05) is 24.3 Å². The van der Waals surface area contributed by atoms with Crippen LogP contribution in [0.25, 0.3) is 0 Å². The Morgan fingerprint density at radius 2 is 2.00 bits per heavy atom. The maximum atomic E-state index is 12.4. The largest absolute Gasteiger partial charge is 0.326 e. The minimum absolute atomic E-state index is 0.0526. The molecule has 1 heterocycles. The van der Waals surface area contributed by atoms with Crippen molar-refractivity contribution in [2.24, 2.45) is 5.92 Å². The number of halogens is 2. The number of hydrogen-bond donors (Lipinski definition) is 1. The van der Waals surface area contributed by atoms with Crippen molar-refractivity contribution in [3.63, 3.8) is 0 Å². The van der Waals surface area contributed by atoms with Crippen LogP contribution in [0.5, 0.6) is 0 Å². The molecule has 0 bridgehead atoms. The topological polar surface area (TPSA) is 49.4 Å². The standard InChI is InChI=1S/C17H14BrClN2O2/c18-14-6-1-2-7-15(14)21-10-11(8-16(21)22)17(23)20-13-5-3-4-12(19)9-13/h1-7,9,11H,8,10H2,(H,20,23). The smallest absolute Gasteiger partial charge is 0.229 e. The van der Waals surface area contributed by atoms with Crippen LogP contribution in [0, 0.1) is 5.92 Å². The van der Waals surface area contributed by atoms with Crippen molar-refractivity contribution in [3.8, 4) is 0 Å². The molecule has 0 aliphatic carbocycles. The van der Waals surface area contributed by atoms with E-state index in [1.54, 1.807) is 29.2 Å². The van der Waals surface area contributed by atoms with Gasteiger partial charge < -0.3 is 10.2 Å². The molecule has 1 aliphatic heterocycles. The zero-order chi connectivity index (χ0) is 16.4. The van der Waals surface area contributed by atoms with Crippen LogP contribution in [0.15, 0.2) is 53.0 Å². The number of hydrogen-bond acceptors (Lipinski definition) is 2. The fraction of sp³-hybridized carbons (Fsp3) is 0.176. The van der Waals surface area contributed by atoms with E-state index in [0.717, 1.165) is 10.2 Å². The van der Waals surface area contributed by atoms with E-state index in [0.29, 0.717) is 17.3 Å². The van der Waals surface area contributed by atoms with Gasteiger partial charge in [-0.2, -0.15) is 0 Å². The van der Waals surface area contributed by atoms with Crippen molar-refractivity contribution in [2.75, 3.05) is 16.8 Å². The molecular formula is C17H14BrClN2O2. The minimum Gasteiger partial charge on any atom is -0.326 e. The van der Waals surface area contributed by atoms with Crippen molar-refractivity contribution in [1.29, 1.82) is 0 Å². The summed E-state index contributed by atoms with van der Waals surface area (Å²) in [6.07, 6.45) is 0.202. The lowest BCUT2D eigenvalue weighted by Gasteiger charge is -2.18. The second-order valence-electron chi connectivity index (χ2n) is 5.36. The minimum atomic E-state index is -0.381. The van der Waals surface area contributed by atoms with Crippen molar-refractivity contribution >= 4 is 50.7 Å². The molecule has 118 valence electrons. The van der Waals surface area contributed by atoms with Gasteiger partial charge in [0.1, 0.15) is 0 Å². The van der Waals surface area contributed by atoms with Crippen LogP contribution < -0.4 is 10.2 Å². The van der Waals surface area contributed by atoms with Crippen molar-refractivity contribution in [3.05, 3.63) is 58.0 Å². The first-order valence-corrected chi connectivity index (χ1v) is 8.33. The number of nitrogens with zero attached hydrogens (tertiary/aromatic N) is 1. The molecule has 2 amide bonds. The van der Waals surface area contributed by atoms with Crippen LogP contribution >= 0.6 is 27.5 Å². The summed E-state index contributed by atoms with van der Waals surface area (Å²) < 4.78 is 0.837. The maximum Gasteiger partial charge on any atom is 0.229 e. The Bertz CT molecular complexity index is 766. The molecule has 0 radical (unpaired) electrons. The monoisotopic (exact) mass is 392 g/mol. The maximum absolute atomic E-state index is 12.4. The Kier molecular flexibility index (Phi) is 4.68. The Morgan fingerprint density at radius 3 is 2.74 bits per heavy atom. The molecule has 23 heavy (non-hydrogen) atoms. The Balaban J connectivity index is 1.72. The molecule has 1 unspecified atom stereocenters. The predicted octanol–water partition coefficient (Wildman–Crippen LogP) is 4.09. The van der Waals surface area contributed by atoms with Gasteiger partial charge in [0.2, 0.25) is 11.8 Å². The number of amides is 2. The van der Waals surface area contributed by atoms with E-state index in [-0.39, 0.29) is 24.2 Å². The molecule has 1 fully saturated rings. The number of anilines is 2. The summed E-state index contributed by atoms with van der Waals surface area (Å²) in [7, 11) is 0. The van der Waals surface area contributed by atoms with E-state index in [4.69, 9.17) is 11.6 Å². The normalized spacial score (nSPS) is 17.4. The van der Waals surface area contributed by atoms with Gasteiger partial charge in [0.15, 0.2) is 0 Å². The molecule has 3 rings (SSSR count). The van der Waals surface area contributed by atoms with Crippen molar-refractivity contribution in [1.82, 2.24) is 0 Å². The molecule has 2 aromatic rings. The third-order valence-electron chi connectivity index (χ3n) is 3.73. The predicted molar refractivity (Wildman–Crippen MR) is 94.7 cm³/mol. The fourth-order valence-corrected chi connectivity index (χ4v) is 3.29. The quantitative estimate of drug-likeness (QED) is 0.854. The number of carbonyl (C=O) groups is 2. The first kappa shape index (κ1) is 16.0. The van der Waals surface area contributed by atoms with Gasteiger partial charge in [0, 0.05) is 28.1 Å². The van der Waals surface area contributed by atoms with Gasteiger partial charge in [0.05, 0.1) is 11.6 Å². The van der Waals surface area contributed by atoms with E-state index in [1.165, 1.54) is 0 Å². The molecule has 0 spiro atoms. The highest BCUT2D eigenvalue weighted by atomic mass is 79.9. The van der Waals surface area contributed by atoms with Crippen LogP contribution in [0.3, 0.4) is 0 Å². The molecule has 1 atom stereocenters. The average molecular weight is 394 g/mol. The third kappa shape index (κ3) is 3.57. The molecule has 6 heteroatoms. The first-order chi connectivity index (χ1) is 11.0. The van der Waals surface area contributed by atoms with Gasteiger partial charge in [-0.05, 0) is 46.3 Å². The van der Waals surface area contributed by atoms with Gasteiger partial charge in [-0.3, -0.25) is 9.59 Å². The van der Waals surface area contributed by atoms with Crippen LogP contribution in [0.1, 0.15) is 6.42 Å². The number of nitrogens with one attached hydrogen (secondary N) is 1. The van der Waals surface area contributed by atoms with E-state index in [2.05, 4.69) is 21.2 Å². The molecule has 1 N–H and O–H groups in total. The summed E-state index contributed by atoms with van der Waals surface area (Å²) in [6.45, 7) is 0.369. The van der Waals surface area contributed by atoms with E-state index < -0.39 is 0 Å². The van der Waals surface area contributed by atoms with Crippen LogP contribution in [-0.2, 0) is 9.59 Å². The zero-order valence-corrected chi connectivity index (χ0v) is 14.5. The van der Waals surface area contributed by atoms with Gasteiger partial charge in [0.25, 0.3) is 0 Å². The zero-order valence-electron chi connectivity index (χ0n) is 12.1. The van der Waals surface area contributed by atoms with Gasteiger partial charge in [-0.15, -0.1) is 0 Å². The summed E-state index contributed by atoms with van der Waals surface area (Å²) in [4.78, 5) is 26.3. The Hall–Kier alpha value is -1.85. The van der Waals surface area contributed by atoms with Crippen LogP contribution in [0.2, 0.25) is 5.02 Å². The third-order valence-corrected chi connectivity index (χ3v) is 4.64. The van der Waals surface area contributed by atoms with E-state index >= 15 is 0 Å². The average Bonchev–Trinajstić information content (AvgIpc) is 2.90. The second-order valence-corrected chi connectivity index (χ2v) is 6.65. The lowest BCUT2D eigenvalue weighted by Crippen LogP contribution is -2.28.